The Balaban J connectivity index is 3.74. The number of aliphatic hydroxyl groups is 1. The monoisotopic (exact) mass is 223 g/mol. The van der Waals surface area contributed by atoms with E-state index in [1.807, 2.05) is 20.8 Å². The van der Waals surface area contributed by atoms with E-state index in [9.17, 15) is 13.5 Å². The van der Waals surface area contributed by atoms with Crippen LogP contribution in [0.4, 0.5) is 0 Å². The van der Waals surface area contributed by atoms with Crippen molar-refractivity contribution in [3.63, 3.8) is 0 Å². The van der Waals surface area contributed by atoms with Crippen LogP contribution in [0.3, 0.4) is 0 Å². The van der Waals surface area contributed by atoms with E-state index in [0.717, 1.165) is 0 Å². The van der Waals surface area contributed by atoms with Crippen molar-refractivity contribution < 1.29 is 13.5 Å². The van der Waals surface area contributed by atoms with Crippen molar-refractivity contribution >= 4 is 10.0 Å². The molecule has 0 fully saturated rings. The molecule has 0 heterocycles. The molecule has 86 valence electrons. The lowest BCUT2D eigenvalue weighted by molar-refractivity contribution is 0.118. The molecule has 0 aliphatic heterocycles. The molecular weight excluding hydrogens is 202 g/mol. The summed E-state index contributed by atoms with van der Waals surface area (Å²) in [6.45, 7) is 5.96. The number of rotatable bonds is 7. The van der Waals surface area contributed by atoms with Crippen LogP contribution in [0, 0.1) is 5.92 Å². The van der Waals surface area contributed by atoms with Crippen molar-refractivity contribution in [2.24, 2.45) is 5.92 Å². The molecule has 5 heteroatoms. The average Bonchev–Trinajstić information content (AvgIpc) is 2.03. The molecule has 0 saturated carbocycles. The van der Waals surface area contributed by atoms with Gasteiger partial charge in [0, 0.05) is 6.54 Å². The molecule has 1 unspecified atom stereocenters. The molecule has 0 amide bonds. The molecule has 2 N–H and O–H groups in total. The van der Waals surface area contributed by atoms with Gasteiger partial charge in [-0.25, -0.2) is 13.1 Å². The molecular formula is C9H21NO3S. The molecule has 0 aliphatic rings. The van der Waals surface area contributed by atoms with Crippen molar-refractivity contribution in [3.05, 3.63) is 0 Å². The summed E-state index contributed by atoms with van der Waals surface area (Å²) in [5.74, 6) is 0.329. The van der Waals surface area contributed by atoms with E-state index in [2.05, 4.69) is 4.72 Å². The topological polar surface area (TPSA) is 66.4 Å². The summed E-state index contributed by atoms with van der Waals surface area (Å²) in [5, 5.41) is 9.42. The van der Waals surface area contributed by atoms with Crippen molar-refractivity contribution in [1.82, 2.24) is 4.72 Å². The van der Waals surface area contributed by atoms with E-state index in [4.69, 9.17) is 0 Å². The highest BCUT2D eigenvalue weighted by molar-refractivity contribution is 7.89. The van der Waals surface area contributed by atoms with Gasteiger partial charge >= 0.3 is 0 Å². The van der Waals surface area contributed by atoms with Gasteiger partial charge in [0.1, 0.15) is 0 Å². The van der Waals surface area contributed by atoms with E-state index < -0.39 is 16.1 Å². The van der Waals surface area contributed by atoms with Crippen molar-refractivity contribution in [2.75, 3.05) is 12.3 Å². The minimum atomic E-state index is -3.11. The third-order valence-corrected chi connectivity index (χ3v) is 3.59. The van der Waals surface area contributed by atoms with E-state index >= 15 is 0 Å². The maximum atomic E-state index is 11.2. The van der Waals surface area contributed by atoms with Crippen LogP contribution < -0.4 is 4.72 Å². The summed E-state index contributed by atoms with van der Waals surface area (Å²) in [4.78, 5) is 0. The Kier molecular flexibility index (Phi) is 6.31. The number of nitrogens with one attached hydrogen (secondary N) is 1. The second-order valence-corrected chi connectivity index (χ2v) is 5.74. The van der Waals surface area contributed by atoms with Gasteiger partial charge in [0.15, 0.2) is 0 Å². The lowest BCUT2D eigenvalue weighted by Gasteiger charge is -2.14. The summed E-state index contributed by atoms with van der Waals surface area (Å²) in [5.41, 5.74) is 0. The van der Waals surface area contributed by atoms with Crippen LogP contribution in [0.2, 0.25) is 0 Å². The smallest absolute Gasteiger partial charge is 0.211 e. The normalized spacial score (nSPS) is 14.6. The minimum Gasteiger partial charge on any atom is -0.393 e. The van der Waals surface area contributed by atoms with Gasteiger partial charge in [0.2, 0.25) is 10.0 Å². The molecule has 0 radical (unpaired) electrons. The van der Waals surface area contributed by atoms with Gasteiger partial charge in [-0.1, -0.05) is 20.8 Å². The quantitative estimate of drug-likeness (QED) is 0.668. The molecule has 0 aromatic carbocycles. The standard InChI is InChI=1S/C9H21NO3S/c1-4-7-14(12,13)10-6-5-9(11)8(2)3/h8-11H,4-7H2,1-3H3. The predicted octanol–water partition coefficient (Wildman–Crippen LogP) is 0.723. The number of hydrogen-bond donors (Lipinski definition) is 2. The Morgan fingerprint density at radius 3 is 2.36 bits per heavy atom. The largest absolute Gasteiger partial charge is 0.393 e. The highest BCUT2D eigenvalue weighted by Crippen LogP contribution is 2.04. The lowest BCUT2D eigenvalue weighted by Crippen LogP contribution is -2.30. The molecule has 0 aromatic heterocycles. The average molecular weight is 223 g/mol. The summed E-state index contributed by atoms with van der Waals surface area (Å²) in [7, 11) is -3.11. The van der Waals surface area contributed by atoms with Crippen LogP contribution in [0.5, 0.6) is 0 Å². The van der Waals surface area contributed by atoms with E-state index in [1.54, 1.807) is 0 Å². The second kappa shape index (κ2) is 6.37. The Bertz CT molecular complexity index is 236. The molecule has 0 bridgehead atoms. The molecule has 0 aromatic rings. The fraction of sp³-hybridized carbons (Fsp3) is 1.00. The molecule has 0 spiro atoms. The van der Waals surface area contributed by atoms with E-state index in [-0.39, 0.29) is 11.7 Å². The highest BCUT2D eigenvalue weighted by Gasteiger charge is 2.11. The Morgan fingerprint density at radius 1 is 1.36 bits per heavy atom. The van der Waals surface area contributed by atoms with Gasteiger partial charge in [0.25, 0.3) is 0 Å². The minimum absolute atomic E-state index is 0.158. The maximum Gasteiger partial charge on any atom is 0.211 e. The van der Waals surface area contributed by atoms with E-state index in [0.29, 0.717) is 19.4 Å². The molecule has 4 nitrogen and oxygen atoms in total. The van der Waals surface area contributed by atoms with Crippen LogP contribution in [0.1, 0.15) is 33.6 Å². The first-order valence-electron chi connectivity index (χ1n) is 5.04. The summed E-state index contributed by atoms with van der Waals surface area (Å²) >= 11 is 0. The number of hydrogen-bond acceptors (Lipinski definition) is 3. The van der Waals surface area contributed by atoms with Crippen molar-refractivity contribution in [1.29, 1.82) is 0 Å². The molecule has 0 rings (SSSR count). The first-order chi connectivity index (χ1) is 6.39. The molecule has 1 atom stereocenters. The zero-order valence-corrected chi connectivity index (χ0v) is 9.97. The van der Waals surface area contributed by atoms with Crippen LogP contribution >= 0.6 is 0 Å². The van der Waals surface area contributed by atoms with Crippen molar-refractivity contribution in [2.45, 2.75) is 39.7 Å². The third-order valence-electron chi connectivity index (χ3n) is 2.00. The second-order valence-electron chi connectivity index (χ2n) is 3.81. The predicted molar refractivity (Wildman–Crippen MR) is 57.5 cm³/mol. The molecule has 0 saturated heterocycles. The number of sulfonamides is 1. The van der Waals surface area contributed by atoms with Crippen LogP contribution in [-0.2, 0) is 10.0 Å². The molecule has 0 aliphatic carbocycles. The fourth-order valence-corrected chi connectivity index (χ4v) is 2.15. The Morgan fingerprint density at radius 2 is 1.93 bits per heavy atom. The van der Waals surface area contributed by atoms with Gasteiger partial charge in [-0.2, -0.15) is 0 Å². The van der Waals surface area contributed by atoms with E-state index in [1.165, 1.54) is 0 Å². The zero-order chi connectivity index (χ0) is 11.2. The Labute approximate surface area is 86.8 Å². The van der Waals surface area contributed by atoms with Gasteiger partial charge in [0.05, 0.1) is 11.9 Å². The molecule has 14 heavy (non-hydrogen) atoms. The zero-order valence-electron chi connectivity index (χ0n) is 9.16. The summed E-state index contributed by atoms with van der Waals surface area (Å²) < 4.78 is 24.8. The third kappa shape index (κ3) is 6.34. The van der Waals surface area contributed by atoms with Crippen LogP contribution in [0.25, 0.3) is 0 Å². The van der Waals surface area contributed by atoms with Gasteiger partial charge in [-0.15, -0.1) is 0 Å². The van der Waals surface area contributed by atoms with Crippen LogP contribution in [0.15, 0.2) is 0 Å². The van der Waals surface area contributed by atoms with Crippen molar-refractivity contribution in [3.8, 4) is 0 Å². The van der Waals surface area contributed by atoms with Gasteiger partial charge in [-0.3, -0.25) is 0 Å². The summed E-state index contributed by atoms with van der Waals surface area (Å²) in [6.07, 6.45) is 0.655. The highest BCUT2D eigenvalue weighted by atomic mass is 32.2. The Hall–Kier alpha value is -0.130. The maximum absolute atomic E-state index is 11.2. The summed E-state index contributed by atoms with van der Waals surface area (Å²) in [6, 6.07) is 0. The first kappa shape index (κ1) is 13.9. The van der Waals surface area contributed by atoms with Crippen LogP contribution in [-0.4, -0.2) is 31.9 Å². The SMILES string of the molecule is CCCS(=O)(=O)NCCC(O)C(C)C. The fourth-order valence-electron chi connectivity index (χ4n) is 1.04. The lowest BCUT2D eigenvalue weighted by atomic mass is 10.1. The first-order valence-corrected chi connectivity index (χ1v) is 6.69. The van der Waals surface area contributed by atoms with Gasteiger partial charge in [-0.05, 0) is 18.8 Å². The van der Waals surface area contributed by atoms with Gasteiger partial charge < -0.3 is 5.11 Å². The number of aliphatic hydroxyl groups excluding tert-OH is 1.